The standard InChI is InChI=1S/C58H42N4Si/c1-41-31-38-55-53(39-41)50-29-17-18-30-54(50)62(55)45-34-37-51(58-60-56(43-19-7-2-8-20-43)59-57(61-58)44-21-9-3-10-22-44)52(40-45)42-32-35-49(36-33-42)63(46-23-11-4-12-24-46,47-25-13-5-14-26-47)48-27-15-6-16-28-48/h2-40H,1H3. The van der Waals surface area contributed by atoms with E-state index in [1.54, 1.807) is 0 Å². The SMILES string of the molecule is Cc1ccc2c(c1)c1ccccc1n2-c1ccc(-c2nc(-c3ccccc3)nc(-c3ccccc3)n2)c(-c2ccc([Si](c3ccccc3)(c3ccccc3)c3ccccc3)cc2)c1. The zero-order valence-corrected chi connectivity index (χ0v) is 35.8. The predicted molar refractivity (Wildman–Crippen MR) is 264 cm³/mol. The second kappa shape index (κ2) is 16.1. The number of nitrogens with zero attached hydrogens (tertiary/aromatic N) is 4. The molecule has 0 aliphatic carbocycles. The summed E-state index contributed by atoms with van der Waals surface area (Å²) in [4.78, 5) is 15.5. The van der Waals surface area contributed by atoms with E-state index in [1.807, 2.05) is 36.4 Å². The number of para-hydroxylation sites is 1. The molecule has 11 aromatic rings. The maximum absolute atomic E-state index is 5.24. The van der Waals surface area contributed by atoms with Crippen molar-refractivity contribution in [2.75, 3.05) is 0 Å². The molecule has 63 heavy (non-hydrogen) atoms. The fourth-order valence-electron chi connectivity index (χ4n) is 9.36. The van der Waals surface area contributed by atoms with Gasteiger partial charge in [0, 0.05) is 33.2 Å². The molecule has 0 aliphatic rings. The lowest BCUT2D eigenvalue weighted by Gasteiger charge is -2.34. The molecule has 0 unspecified atom stereocenters. The summed E-state index contributed by atoms with van der Waals surface area (Å²) < 4.78 is 2.39. The third kappa shape index (κ3) is 6.76. The molecule has 5 heteroatoms. The van der Waals surface area contributed by atoms with E-state index in [1.165, 1.54) is 37.1 Å². The van der Waals surface area contributed by atoms with Crippen LogP contribution in [-0.4, -0.2) is 27.6 Å². The van der Waals surface area contributed by atoms with Crippen molar-refractivity contribution in [3.8, 4) is 51.0 Å². The van der Waals surface area contributed by atoms with E-state index in [4.69, 9.17) is 15.0 Å². The first-order valence-electron chi connectivity index (χ1n) is 21.4. The van der Waals surface area contributed by atoms with E-state index in [0.717, 1.165) is 44.5 Å². The normalized spacial score (nSPS) is 11.6. The van der Waals surface area contributed by atoms with Crippen LogP contribution in [0.15, 0.2) is 237 Å². The Labute approximate surface area is 368 Å². The molecular formula is C58H42N4Si. The van der Waals surface area contributed by atoms with Gasteiger partial charge in [-0.05, 0) is 75.2 Å². The summed E-state index contributed by atoms with van der Waals surface area (Å²) in [7, 11) is -2.75. The highest BCUT2D eigenvalue weighted by Gasteiger charge is 2.41. The van der Waals surface area contributed by atoms with Gasteiger partial charge in [0.2, 0.25) is 0 Å². The minimum Gasteiger partial charge on any atom is -0.309 e. The lowest BCUT2D eigenvalue weighted by Crippen LogP contribution is -2.74. The Morgan fingerprint density at radius 3 is 1.35 bits per heavy atom. The second-order valence-electron chi connectivity index (χ2n) is 16.1. The first-order valence-corrected chi connectivity index (χ1v) is 23.4. The van der Waals surface area contributed by atoms with Crippen LogP contribution in [0.4, 0.5) is 0 Å². The molecule has 4 nitrogen and oxygen atoms in total. The molecule has 2 aromatic heterocycles. The van der Waals surface area contributed by atoms with Crippen LogP contribution in [0.2, 0.25) is 0 Å². The highest BCUT2D eigenvalue weighted by molar-refractivity contribution is 7.19. The smallest absolute Gasteiger partial charge is 0.179 e. The number of fused-ring (bicyclic) bond motifs is 3. The fourth-order valence-corrected chi connectivity index (χ4v) is 14.1. The fraction of sp³-hybridized carbons (Fsp3) is 0.0172. The molecule has 0 saturated carbocycles. The highest BCUT2D eigenvalue weighted by Crippen LogP contribution is 2.38. The first kappa shape index (κ1) is 38.0. The molecule has 11 rings (SSSR count). The molecule has 2 heterocycles. The van der Waals surface area contributed by atoms with Crippen LogP contribution < -0.4 is 20.7 Å². The van der Waals surface area contributed by atoms with Crippen LogP contribution in [0.5, 0.6) is 0 Å². The summed E-state index contributed by atoms with van der Waals surface area (Å²) in [6.07, 6.45) is 0. The molecule has 0 spiro atoms. The molecule has 0 fully saturated rings. The Morgan fingerprint density at radius 1 is 0.333 bits per heavy atom. The monoisotopic (exact) mass is 822 g/mol. The van der Waals surface area contributed by atoms with Crippen LogP contribution in [0.25, 0.3) is 72.8 Å². The van der Waals surface area contributed by atoms with E-state index in [0.29, 0.717) is 17.5 Å². The molecule has 0 N–H and O–H groups in total. The van der Waals surface area contributed by atoms with E-state index in [9.17, 15) is 0 Å². The van der Waals surface area contributed by atoms with Crippen molar-refractivity contribution in [2.24, 2.45) is 0 Å². The van der Waals surface area contributed by atoms with Crippen molar-refractivity contribution < 1.29 is 0 Å². The van der Waals surface area contributed by atoms with E-state index >= 15 is 0 Å². The number of hydrogen-bond acceptors (Lipinski definition) is 3. The lowest BCUT2D eigenvalue weighted by molar-refractivity contribution is 1.07. The molecule has 0 amide bonds. The van der Waals surface area contributed by atoms with Crippen LogP contribution in [-0.2, 0) is 0 Å². The summed E-state index contributed by atoms with van der Waals surface area (Å²) in [5.41, 5.74) is 9.54. The Balaban J connectivity index is 1.16. The molecule has 298 valence electrons. The minimum atomic E-state index is -2.75. The molecule has 9 aromatic carbocycles. The first-order chi connectivity index (χ1) is 31.1. The zero-order chi connectivity index (χ0) is 42.2. The van der Waals surface area contributed by atoms with Gasteiger partial charge >= 0.3 is 0 Å². The summed E-state index contributed by atoms with van der Waals surface area (Å²) in [6.45, 7) is 2.16. The second-order valence-corrected chi connectivity index (χ2v) is 19.9. The van der Waals surface area contributed by atoms with E-state index < -0.39 is 8.07 Å². The Morgan fingerprint density at radius 2 is 0.794 bits per heavy atom. The van der Waals surface area contributed by atoms with Gasteiger partial charge in [-0.1, -0.05) is 206 Å². The average Bonchev–Trinajstić information content (AvgIpc) is 3.69. The Bertz CT molecular complexity index is 3220. The maximum atomic E-state index is 5.24. The third-order valence-electron chi connectivity index (χ3n) is 12.3. The van der Waals surface area contributed by atoms with Gasteiger partial charge in [0.25, 0.3) is 0 Å². The van der Waals surface area contributed by atoms with Gasteiger partial charge in [-0.25, -0.2) is 15.0 Å². The Hall–Kier alpha value is -7.99. The average molecular weight is 823 g/mol. The molecule has 0 bridgehead atoms. The maximum Gasteiger partial charge on any atom is 0.179 e. The number of hydrogen-bond donors (Lipinski definition) is 0. The van der Waals surface area contributed by atoms with Crippen molar-refractivity contribution in [2.45, 2.75) is 6.92 Å². The van der Waals surface area contributed by atoms with Crippen molar-refractivity contribution in [1.82, 2.24) is 19.5 Å². The molecule has 0 aliphatic heterocycles. The van der Waals surface area contributed by atoms with Gasteiger partial charge < -0.3 is 4.57 Å². The summed E-state index contributed by atoms with van der Waals surface area (Å²) in [5, 5.41) is 7.79. The molecule has 0 atom stereocenters. The summed E-state index contributed by atoms with van der Waals surface area (Å²) in [5.74, 6) is 1.88. The number of rotatable bonds is 9. The van der Waals surface area contributed by atoms with Gasteiger partial charge in [-0.15, -0.1) is 0 Å². The van der Waals surface area contributed by atoms with Crippen molar-refractivity contribution in [3.05, 3.63) is 242 Å². The van der Waals surface area contributed by atoms with Crippen LogP contribution in [0, 0.1) is 6.92 Å². The summed E-state index contributed by atoms with van der Waals surface area (Å²) >= 11 is 0. The number of aryl methyl sites for hydroxylation is 1. The number of benzene rings is 9. The van der Waals surface area contributed by atoms with Gasteiger partial charge in [0.05, 0.1) is 11.0 Å². The topological polar surface area (TPSA) is 43.6 Å². The quantitative estimate of drug-likeness (QED) is 0.108. The lowest BCUT2D eigenvalue weighted by atomic mass is 9.98. The van der Waals surface area contributed by atoms with Gasteiger partial charge in [0.1, 0.15) is 0 Å². The zero-order valence-electron chi connectivity index (χ0n) is 34.8. The summed E-state index contributed by atoms with van der Waals surface area (Å²) in [6, 6.07) is 85.2. The largest absolute Gasteiger partial charge is 0.309 e. The Kier molecular flexibility index (Phi) is 9.72. The highest BCUT2D eigenvalue weighted by atomic mass is 28.3. The molecule has 0 radical (unpaired) electrons. The van der Waals surface area contributed by atoms with E-state index in [2.05, 4.69) is 212 Å². The van der Waals surface area contributed by atoms with Crippen LogP contribution in [0.3, 0.4) is 0 Å². The van der Waals surface area contributed by atoms with Gasteiger partial charge in [0.15, 0.2) is 25.5 Å². The van der Waals surface area contributed by atoms with Crippen LogP contribution in [0.1, 0.15) is 5.56 Å². The third-order valence-corrected chi connectivity index (χ3v) is 17.1. The van der Waals surface area contributed by atoms with Crippen molar-refractivity contribution in [3.63, 3.8) is 0 Å². The predicted octanol–water partition coefficient (Wildman–Crippen LogP) is 11.3. The molecular weight excluding hydrogens is 781 g/mol. The van der Waals surface area contributed by atoms with Crippen molar-refractivity contribution >= 4 is 50.6 Å². The van der Waals surface area contributed by atoms with Gasteiger partial charge in [-0.3, -0.25) is 0 Å². The van der Waals surface area contributed by atoms with Gasteiger partial charge in [-0.2, -0.15) is 0 Å². The number of aromatic nitrogens is 4. The molecule has 0 saturated heterocycles. The van der Waals surface area contributed by atoms with Crippen molar-refractivity contribution in [1.29, 1.82) is 0 Å². The van der Waals surface area contributed by atoms with Crippen LogP contribution >= 0.6 is 0 Å². The van der Waals surface area contributed by atoms with E-state index in [-0.39, 0.29) is 0 Å². The minimum absolute atomic E-state index is 0.618.